The summed E-state index contributed by atoms with van der Waals surface area (Å²) in [4.78, 5) is 14.3. The first-order valence-corrected chi connectivity index (χ1v) is 7.19. The van der Waals surface area contributed by atoms with Gasteiger partial charge in [0.05, 0.1) is 0 Å². The van der Waals surface area contributed by atoms with Crippen LogP contribution in [0.5, 0.6) is 0 Å². The predicted octanol–water partition coefficient (Wildman–Crippen LogP) is 2.50. The summed E-state index contributed by atoms with van der Waals surface area (Å²) >= 11 is 0. The van der Waals surface area contributed by atoms with Gasteiger partial charge in [0.2, 0.25) is 5.91 Å². The van der Waals surface area contributed by atoms with E-state index in [2.05, 4.69) is 24.4 Å². The highest BCUT2D eigenvalue weighted by molar-refractivity contribution is 5.85. The molecule has 3 nitrogen and oxygen atoms in total. The predicted molar refractivity (Wildman–Crippen MR) is 85.2 cm³/mol. The lowest BCUT2D eigenvalue weighted by Gasteiger charge is -2.30. The summed E-state index contributed by atoms with van der Waals surface area (Å²) in [6.45, 7) is 3.93. The number of nitrogens with one attached hydrogen (secondary N) is 1. The van der Waals surface area contributed by atoms with Crippen LogP contribution in [0, 0.1) is 5.92 Å². The molecule has 0 saturated carbocycles. The SMILES string of the molecule is C[C@H]1C[C@@H](C(=O)N(C)CCc2ccccc2)CCN1.Cl. The Bertz CT molecular complexity index is 410. The molecule has 1 aromatic carbocycles. The Hall–Kier alpha value is -1.06. The molecule has 1 heterocycles. The number of carbonyl (C=O) groups excluding carboxylic acids is 1. The smallest absolute Gasteiger partial charge is 0.225 e. The van der Waals surface area contributed by atoms with Crippen LogP contribution in [0.25, 0.3) is 0 Å². The maximum Gasteiger partial charge on any atom is 0.225 e. The van der Waals surface area contributed by atoms with Crippen LogP contribution in [-0.2, 0) is 11.2 Å². The van der Waals surface area contributed by atoms with Gasteiger partial charge in [0, 0.05) is 25.6 Å². The lowest BCUT2D eigenvalue weighted by Crippen LogP contribution is -2.43. The van der Waals surface area contributed by atoms with Crippen LogP contribution in [0.4, 0.5) is 0 Å². The molecule has 0 radical (unpaired) electrons. The summed E-state index contributed by atoms with van der Waals surface area (Å²) in [6.07, 6.45) is 2.87. The summed E-state index contributed by atoms with van der Waals surface area (Å²) in [5.74, 6) is 0.515. The van der Waals surface area contributed by atoms with Gasteiger partial charge in [-0.1, -0.05) is 30.3 Å². The van der Waals surface area contributed by atoms with Crippen LogP contribution >= 0.6 is 12.4 Å². The summed E-state index contributed by atoms with van der Waals surface area (Å²) in [5, 5.41) is 3.39. The third-order valence-electron chi connectivity index (χ3n) is 3.93. The molecule has 0 aliphatic carbocycles. The Labute approximate surface area is 128 Å². The number of likely N-dealkylation sites (N-methyl/N-ethyl adjacent to an activating group) is 1. The van der Waals surface area contributed by atoms with Gasteiger partial charge >= 0.3 is 0 Å². The summed E-state index contributed by atoms with van der Waals surface area (Å²) in [7, 11) is 1.93. The van der Waals surface area contributed by atoms with Gasteiger partial charge < -0.3 is 10.2 Å². The zero-order valence-corrected chi connectivity index (χ0v) is 13.2. The molecule has 1 aliphatic rings. The highest BCUT2D eigenvalue weighted by Crippen LogP contribution is 2.18. The normalized spacial score (nSPS) is 21.9. The van der Waals surface area contributed by atoms with Crippen molar-refractivity contribution >= 4 is 18.3 Å². The largest absolute Gasteiger partial charge is 0.345 e. The van der Waals surface area contributed by atoms with E-state index in [1.54, 1.807) is 0 Å². The molecule has 1 N–H and O–H groups in total. The van der Waals surface area contributed by atoms with Crippen molar-refractivity contribution in [3.63, 3.8) is 0 Å². The van der Waals surface area contributed by atoms with Crippen LogP contribution in [0.2, 0.25) is 0 Å². The molecule has 0 bridgehead atoms. The van der Waals surface area contributed by atoms with Gasteiger partial charge in [-0.25, -0.2) is 0 Å². The van der Waals surface area contributed by atoms with Crippen molar-refractivity contribution in [1.29, 1.82) is 0 Å². The topological polar surface area (TPSA) is 32.3 Å². The number of amides is 1. The minimum atomic E-state index is 0. The first kappa shape index (κ1) is 17.0. The highest BCUT2D eigenvalue weighted by atomic mass is 35.5. The second kappa shape index (κ2) is 8.28. The molecule has 1 aliphatic heterocycles. The number of halogens is 1. The Morgan fingerprint density at radius 2 is 2.05 bits per heavy atom. The Morgan fingerprint density at radius 3 is 2.70 bits per heavy atom. The van der Waals surface area contributed by atoms with Crippen LogP contribution in [-0.4, -0.2) is 37.0 Å². The maximum absolute atomic E-state index is 12.4. The molecule has 1 saturated heterocycles. The minimum absolute atomic E-state index is 0. The standard InChI is InChI=1S/C16H24N2O.ClH/c1-13-12-15(8-10-17-13)16(19)18(2)11-9-14-6-4-3-5-7-14;/h3-7,13,15,17H,8-12H2,1-2H3;1H/t13-,15-;/m0./s1. The van der Waals surface area contributed by atoms with E-state index in [9.17, 15) is 4.79 Å². The lowest BCUT2D eigenvalue weighted by molar-refractivity contribution is -0.135. The Kier molecular flexibility index (Phi) is 7.03. The molecule has 0 spiro atoms. The number of piperidine rings is 1. The fourth-order valence-electron chi connectivity index (χ4n) is 2.72. The lowest BCUT2D eigenvalue weighted by atomic mass is 9.92. The molecule has 2 atom stereocenters. The van der Waals surface area contributed by atoms with Crippen LogP contribution in [0.15, 0.2) is 30.3 Å². The summed E-state index contributed by atoms with van der Waals surface area (Å²) in [6, 6.07) is 10.8. The van der Waals surface area contributed by atoms with Crippen molar-refractivity contribution in [3.8, 4) is 0 Å². The fraction of sp³-hybridized carbons (Fsp3) is 0.562. The van der Waals surface area contributed by atoms with Crippen molar-refractivity contribution in [2.75, 3.05) is 20.1 Å². The highest BCUT2D eigenvalue weighted by Gasteiger charge is 2.26. The zero-order chi connectivity index (χ0) is 13.7. The van der Waals surface area contributed by atoms with Crippen LogP contribution in [0.1, 0.15) is 25.3 Å². The van der Waals surface area contributed by atoms with Crippen molar-refractivity contribution in [3.05, 3.63) is 35.9 Å². The summed E-state index contributed by atoms with van der Waals surface area (Å²) < 4.78 is 0. The molecule has 1 aromatic rings. The number of hydrogen-bond donors (Lipinski definition) is 1. The summed E-state index contributed by atoms with van der Waals surface area (Å²) in [5.41, 5.74) is 1.29. The van der Waals surface area contributed by atoms with E-state index in [1.807, 2.05) is 30.1 Å². The third-order valence-corrected chi connectivity index (χ3v) is 3.93. The number of nitrogens with zero attached hydrogens (tertiary/aromatic N) is 1. The number of rotatable bonds is 4. The van der Waals surface area contributed by atoms with E-state index in [4.69, 9.17) is 0 Å². The first-order chi connectivity index (χ1) is 9.16. The van der Waals surface area contributed by atoms with Gasteiger partial charge in [-0.05, 0) is 38.3 Å². The minimum Gasteiger partial charge on any atom is -0.345 e. The van der Waals surface area contributed by atoms with Gasteiger partial charge in [0.15, 0.2) is 0 Å². The van der Waals surface area contributed by atoms with Gasteiger partial charge in [-0.2, -0.15) is 0 Å². The van der Waals surface area contributed by atoms with Crippen LogP contribution in [0.3, 0.4) is 0 Å². The first-order valence-electron chi connectivity index (χ1n) is 7.19. The average molecular weight is 297 g/mol. The third kappa shape index (κ3) is 4.80. The molecular formula is C16H25ClN2O. The van der Waals surface area contributed by atoms with E-state index in [1.165, 1.54) is 5.56 Å². The molecule has 0 aromatic heterocycles. The molecule has 20 heavy (non-hydrogen) atoms. The monoisotopic (exact) mass is 296 g/mol. The zero-order valence-electron chi connectivity index (χ0n) is 12.3. The van der Waals surface area contributed by atoms with E-state index < -0.39 is 0 Å². The molecule has 1 fully saturated rings. The van der Waals surface area contributed by atoms with Crippen molar-refractivity contribution < 1.29 is 4.79 Å². The second-order valence-electron chi connectivity index (χ2n) is 5.57. The van der Waals surface area contributed by atoms with Crippen molar-refractivity contribution in [2.24, 2.45) is 5.92 Å². The molecule has 112 valence electrons. The van der Waals surface area contributed by atoms with Gasteiger partial charge in [-0.15, -0.1) is 12.4 Å². The van der Waals surface area contributed by atoms with Crippen molar-refractivity contribution in [1.82, 2.24) is 10.2 Å². The Morgan fingerprint density at radius 1 is 1.35 bits per heavy atom. The fourth-order valence-corrected chi connectivity index (χ4v) is 2.72. The van der Waals surface area contributed by atoms with Crippen molar-refractivity contribution in [2.45, 2.75) is 32.2 Å². The Balaban J connectivity index is 0.00000200. The van der Waals surface area contributed by atoms with Crippen LogP contribution < -0.4 is 5.32 Å². The second-order valence-corrected chi connectivity index (χ2v) is 5.57. The van der Waals surface area contributed by atoms with Gasteiger partial charge in [-0.3, -0.25) is 4.79 Å². The van der Waals surface area contributed by atoms with Gasteiger partial charge in [0.1, 0.15) is 0 Å². The van der Waals surface area contributed by atoms with E-state index in [-0.39, 0.29) is 18.3 Å². The number of benzene rings is 1. The molecular weight excluding hydrogens is 272 g/mol. The average Bonchev–Trinajstić information content (AvgIpc) is 2.45. The number of carbonyl (C=O) groups is 1. The molecule has 0 unspecified atom stereocenters. The van der Waals surface area contributed by atoms with Gasteiger partial charge in [0.25, 0.3) is 0 Å². The molecule has 1 amide bonds. The van der Waals surface area contributed by atoms with E-state index >= 15 is 0 Å². The number of hydrogen-bond acceptors (Lipinski definition) is 2. The quantitative estimate of drug-likeness (QED) is 0.926. The van der Waals surface area contributed by atoms with E-state index in [0.29, 0.717) is 11.9 Å². The maximum atomic E-state index is 12.4. The molecule has 2 rings (SSSR count). The van der Waals surface area contributed by atoms with E-state index in [0.717, 1.165) is 32.4 Å². The molecule has 4 heteroatoms.